The minimum atomic E-state index is 0.320. The zero-order valence-corrected chi connectivity index (χ0v) is 15.3. The molecule has 0 aliphatic carbocycles. The SMILES string of the molecule is CCCCCCCCC1(CCCCCCCC)C=CSN1. The predicted molar refractivity (Wildman–Crippen MR) is 98.6 cm³/mol. The molecular formula is C19H37NS. The Balaban J connectivity index is 2.11. The average molecular weight is 312 g/mol. The second-order valence-electron chi connectivity index (χ2n) is 6.71. The molecule has 0 atom stereocenters. The van der Waals surface area contributed by atoms with Gasteiger partial charge < -0.3 is 0 Å². The maximum atomic E-state index is 3.68. The van der Waals surface area contributed by atoms with Gasteiger partial charge in [0.1, 0.15) is 0 Å². The minimum Gasteiger partial charge on any atom is -0.250 e. The molecule has 0 aromatic rings. The van der Waals surface area contributed by atoms with Gasteiger partial charge in [-0.1, -0.05) is 109 Å². The molecule has 0 saturated carbocycles. The van der Waals surface area contributed by atoms with Gasteiger partial charge in [0.25, 0.3) is 0 Å². The lowest BCUT2D eigenvalue weighted by Crippen LogP contribution is -2.36. The lowest BCUT2D eigenvalue weighted by molar-refractivity contribution is 0.385. The molecule has 21 heavy (non-hydrogen) atoms. The first kappa shape index (κ1) is 19.1. The molecule has 1 nitrogen and oxygen atoms in total. The quantitative estimate of drug-likeness (QED) is 0.274. The molecule has 1 N–H and O–H groups in total. The fourth-order valence-electron chi connectivity index (χ4n) is 3.18. The summed E-state index contributed by atoms with van der Waals surface area (Å²) < 4.78 is 3.68. The molecule has 124 valence electrons. The van der Waals surface area contributed by atoms with Crippen LogP contribution in [0.2, 0.25) is 0 Å². The first-order valence-corrected chi connectivity index (χ1v) is 10.3. The molecule has 0 unspecified atom stereocenters. The van der Waals surface area contributed by atoms with Crippen molar-refractivity contribution in [3.8, 4) is 0 Å². The Morgan fingerprint density at radius 3 is 1.62 bits per heavy atom. The van der Waals surface area contributed by atoms with E-state index >= 15 is 0 Å². The summed E-state index contributed by atoms with van der Waals surface area (Å²) in [7, 11) is 0. The number of rotatable bonds is 14. The zero-order chi connectivity index (χ0) is 15.2. The van der Waals surface area contributed by atoms with E-state index in [0.29, 0.717) is 5.54 Å². The van der Waals surface area contributed by atoms with Gasteiger partial charge in [-0.2, -0.15) is 0 Å². The first-order valence-electron chi connectivity index (χ1n) is 9.43. The normalized spacial score (nSPS) is 16.7. The second kappa shape index (κ2) is 12.6. The summed E-state index contributed by atoms with van der Waals surface area (Å²) in [5, 5.41) is 2.26. The summed E-state index contributed by atoms with van der Waals surface area (Å²) in [6, 6.07) is 0. The number of unbranched alkanes of at least 4 members (excludes halogenated alkanes) is 10. The standard InChI is InChI=1S/C19H37NS/c1-3-5-7-9-11-13-15-19(17-18-21-20-19)16-14-12-10-8-6-4-2/h17-18,20H,3-16H2,1-2H3. The summed E-state index contributed by atoms with van der Waals surface area (Å²) in [6.07, 6.45) is 21.9. The fraction of sp³-hybridized carbons (Fsp3) is 0.895. The van der Waals surface area contributed by atoms with Crippen molar-refractivity contribution in [3.63, 3.8) is 0 Å². The molecular weight excluding hydrogens is 274 g/mol. The van der Waals surface area contributed by atoms with Crippen LogP contribution in [0.3, 0.4) is 0 Å². The van der Waals surface area contributed by atoms with Gasteiger partial charge in [-0.15, -0.1) is 0 Å². The summed E-state index contributed by atoms with van der Waals surface area (Å²) in [6.45, 7) is 4.58. The Hall–Kier alpha value is 0.0500. The molecule has 0 radical (unpaired) electrons. The Kier molecular flexibility index (Phi) is 11.4. The van der Waals surface area contributed by atoms with Gasteiger partial charge in [-0.05, 0) is 18.2 Å². The van der Waals surface area contributed by atoms with Gasteiger partial charge in [-0.3, -0.25) is 4.72 Å². The Morgan fingerprint density at radius 1 is 0.714 bits per heavy atom. The van der Waals surface area contributed by atoms with Crippen LogP contribution in [0, 0.1) is 0 Å². The third kappa shape index (κ3) is 8.93. The molecule has 0 fully saturated rings. The van der Waals surface area contributed by atoms with Crippen molar-refractivity contribution < 1.29 is 0 Å². The summed E-state index contributed by atoms with van der Waals surface area (Å²) in [5.41, 5.74) is 0.320. The van der Waals surface area contributed by atoms with Crippen LogP contribution in [0.1, 0.15) is 104 Å². The Labute approximate surface area is 137 Å². The number of hydrogen-bond donors (Lipinski definition) is 1. The number of hydrogen-bond acceptors (Lipinski definition) is 2. The van der Waals surface area contributed by atoms with Crippen LogP contribution in [-0.2, 0) is 0 Å². The largest absolute Gasteiger partial charge is 0.250 e. The molecule has 0 spiro atoms. The van der Waals surface area contributed by atoms with Gasteiger partial charge in [-0.25, -0.2) is 0 Å². The van der Waals surface area contributed by atoms with Crippen LogP contribution >= 0.6 is 11.9 Å². The monoisotopic (exact) mass is 311 g/mol. The second-order valence-corrected chi connectivity index (χ2v) is 7.43. The van der Waals surface area contributed by atoms with E-state index in [1.54, 1.807) is 11.9 Å². The Morgan fingerprint density at radius 2 is 1.19 bits per heavy atom. The third-order valence-corrected chi connectivity index (χ3v) is 5.47. The van der Waals surface area contributed by atoms with E-state index in [9.17, 15) is 0 Å². The maximum absolute atomic E-state index is 3.68. The summed E-state index contributed by atoms with van der Waals surface area (Å²) >= 11 is 1.79. The van der Waals surface area contributed by atoms with Crippen LogP contribution in [-0.4, -0.2) is 5.54 Å². The van der Waals surface area contributed by atoms with E-state index in [1.165, 1.54) is 89.9 Å². The zero-order valence-electron chi connectivity index (χ0n) is 14.5. The topological polar surface area (TPSA) is 12.0 Å². The van der Waals surface area contributed by atoms with Crippen molar-refractivity contribution in [1.82, 2.24) is 4.72 Å². The van der Waals surface area contributed by atoms with Crippen LogP contribution in [0.5, 0.6) is 0 Å². The molecule has 2 heteroatoms. The van der Waals surface area contributed by atoms with Gasteiger partial charge in [0, 0.05) is 5.54 Å². The van der Waals surface area contributed by atoms with Crippen LogP contribution in [0.25, 0.3) is 0 Å². The van der Waals surface area contributed by atoms with E-state index in [0.717, 1.165) is 0 Å². The van der Waals surface area contributed by atoms with Crippen LogP contribution < -0.4 is 4.72 Å². The van der Waals surface area contributed by atoms with E-state index in [1.807, 2.05) is 0 Å². The average Bonchev–Trinajstić information content (AvgIpc) is 2.96. The van der Waals surface area contributed by atoms with Crippen molar-refractivity contribution in [2.45, 2.75) is 109 Å². The van der Waals surface area contributed by atoms with E-state index in [-0.39, 0.29) is 0 Å². The van der Waals surface area contributed by atoms with Gasteiger partial charge in [0.05, 0.1) is 0 Å². The molecule has 1 rings (SSSR count). The van der Waals surface area contributed by atoms with Crippen molar-refractivity contribution >= 4 is 11.9 Å². The van der Waals surface area contributed by atoms with Crippen molar-refractivity contribution in [2.75, 3.05) is 0 Å². The summed E-state index contributed by atoms with van der Waals surface area (Å²) in [5.74, 6) is 0. The van der Waals surface area contributed by atoms with Crippen molar-refractivity contribution in [3.05, 3.63) is 11.5 Å². The molecule has 1 aliphatic heterocycles. The highest BCUT2D eigenvalue weighted by Gasteiger charge is 2.28. The lowest BCUT2D eigenvalue weighted by Gasteiger charge is -2.27. The van der Waals surface area contributed by atoms with E-state index in [2.05, 4.69) is 30.1 Å². The molecule has 1 heterocycles. The molecule has 0 aromatic heterocycles. The van der Waals surface area contributed by atoms with Crippen molar-refractivity contribution in [2.24, 2.45) is 0 Å². The van der Waals surface area contributed by atoms with E-state index < -0.39 is 0 Å². The minimum absolute atomic E-state index is 0.320. The lowest BCUT2D eigenvalue weighted by atomic mass is 9.87. The third-order valence-electron chi connectivity index (χ3n) is 4.67. The highest BCUT2D eigenvalue weighted by molar-refractivity contribution is 8.00. The fourth-order valence-corrected chi connectivity index (χ4v) is 4.09. The molecule has 1 aliphatic rings. The van der Waals surface area contributed by atoms with E-state index in [4.69, 9.17) is 0 Å². The highest BCUT2D eigenvalue weighted by Crippen LogP contribution is 2.31. The van der Waals surface area contributed by atoms with Gasteiger partial charge in [0.2, 0.25) is 0 Å². The predicted octanol–water partition coefficient (Wildman–Crippen LogP) is 6.99. The molecule has 0 aromatic carbocycles. The van der Waals surface area contributed by atoms with Crippen molar-refractivity contribution in [1.29, 1.82) is 0 Å². The number of nitrogens with one attached hydrogen (secondary N) is 1. The molecule has 0 bridgehead atoms. The highest BCUT2D eigenvalue weighted by atomic mass is 32.2. The molecule has 0 amide bonds. The van der Waals surface area contributed by atoms with Crippen LogP contribution in [0.15, 0.2) is 11.5 Å². The maximum Gasteiger partial charge on any atom is 0.0473 e. The Bertz CT molecular complexity index is 246. The smallest absolute Gasteiger partial charge is 0.0473 e. The van der Waals surface area contributed by atoms with Crippen LogP contribution in [0.4, 0.5) is 0 Å². The first-order chi connectivity index (χ1) is 10.3. The molecule has 0 saturated heterocycles. The van der Waals surface area contributed by atoms with Gasteiger partial charge >= 0.3 is 0 Å². The van der Waals surface area contributed by atoms with Gasteiger partial charge in [0.15, 0.2) is 0 Å². The summed E-state index contributed by atoms with van der Waals surface area (Å²) in [4.78, 5) is 0.